The van der Waals surface area contributed by atoms with Crippen LogP contribution in [0.5, 0.6) is 0 Å². The smallest absolute Gasteiger partial charge is 0.246 e. The highest BCUT2D eigenvalue weighted by Crippen LogP contribution is 2.26. The maximum atomic E-state index is 14.1. The zero-order valence-corrected chi connectivity index (χ0v) is 17.8. The van der Waals surface area contributed by atoms with Crippen molar-refractivity contribution in [2.45, 2.75) is 4.90 Å². The van der Waals surface area contributed by atoms with Crippen LogP contribution < -0.4 is 4.90 Å². The van der Waals surface area contributed by atoms with E-state index in [0.717, 1.165) is 16.4 Å². The highest BCUT2D eigenvalue weighted by Gasteiger charge is 2.32. The summed E-state index contributed by atoms with van der Waals surface area (Å²) in [6.45, 7) is 0.522. The van der Waals surface area contributed by atoms with E-state index in [0.29, 0.717) is 28.7 Å². The number of halogens is 3. The Kier molecular flexibility index (Phi) is 5.21. The largest absolute Gasteiger partial charge is 0.352 e. The lowest BCUT2D eigenvalue weighted by molar-refractivity contribution is 0.381. The van der Waals surface area contributed by atoms with Crippen LogP contribution >= 0.6 is 0 Å². The molecule has 1 saturated heterocycles. The van der Waals surface area contributed by atoms with Crippen molar-refractivity contribution in [3.05, 3.63) is 66.2 Å². The van der Waals surface area contributed by atoms with Gasteiger partial charge in [-0.05, 0) is 36.4 Å². The summed E-state index contributed by atoms with van der Waals surface area (Å²) in [5.74, 6) is -1.84. The van der Waals surface area contributed by atoms with Crippen LogP contribution in [0.2, 0.25) is 0 Å². The standard InChI is InChI=1S/C20H16F3N7O2S/c21-13-2-1-3-15(10-13)30-20-18(26-27-30)19(24-12-25-20)28-6-8-29(9-7-28)33(31,32)17-11-14(22)4-5-16(17)23/h1-5,10-12H,6-9H2. The Balaban J connectivity index is 1.40. The molecule has 1 aliphatic heterocycles. The molecular formula is C20H16F3N7O2S. The lowest BCUT2D eigenvalue weighted by Gasteiger charge is -2.34. The van der Waals surface area contributed by atoms with E-state index >= 15 is 0 Å². The molecule has 0 saturated carbocycles. The third kappa shape index (κ3) is 3.78. The first-order chi connectivity index (χ1) is 15.8. The summed E-state index contributed by atoms with van der Waals surface area (Å²) < 4.78 is 69.3. The van der Waals surface area contributed by atoms with Crippen LogP contribution in [0, 0.1) is 17.5 Å². The molecule has 2 aromatic carbocycles. The van der Waals surface area contributed by atoms with Crippen LogP contribution in [0.4, 0.5) is 19.0 Å². The molecule has 170 valence electrons. The number of aromatic nitrogens is 5. The number of piperazine rings is 1. The number of sulfonamides is 1. The zero-order valence-electron chi connectivity index (χ0n) is 16.9. The molecule has 5 rings (SSSR count). The molecule has 4 aromatic rings. The van der Waals surface area contributed by atoms with Gasteiger partial charge in [0.05, 0.1) is 5.69 Å². The molecule has 0 aliphatic carbocycles. The summed E-state index contributed by atoms with van der Waals surface area (Å²) in [4.78, 5) is 9.59. The summed E-state index contributed by atoms with van der Waals surface area (Å²) in [5.41, 5.74) is 1.17. The van der Waals surface area contributed by atoms with Gasteiger partial charge in [-0.2, -0.15) is 8.99 Å². The second kappa shape index (κ2) is 8.08. The van der Waals surface area contributed by atoms with Crippen molar-refractivity contribution in [2.24, 2.45) is 0 Å². The van der Waals surface area contributed by atoms with Crippen LogP contribution in [0.3, 0.4) is 0 Å². The van der Waals surface area contributed by atoms with E-state index < -0.39 is 32.4 Å². The quantitative estimate of drug-likeness (QED) is 0.446. The van der Waals surface area contributed by atoms with Gasteiger partial charge >= 0.3 is 0 Å². The first kappa shape index (κ1) is 21.3. The minimum Gasteiger partial charge on any atom is -0.352 e. The van der Waals surface area contributed by atoms with Crippen LogP contribution in [0.25, 0.3) is 16.9 Å². The predicted molar refractivity (Wildman–Crippen MR) is 112 cm³/mol. The Morgan fingerprint density at radius 3 is 2.39 bits per heavy atom. The van der Waals surface area contributed by atoms with Gasteiger partial charge in [-0.15, -0.1) is 5.10 Å². The third-order valence-corrected chi connectivity index (χ3v) is 7.23. The fourth-order valence-electron chi connectivity index (χ4n) is 3.70. The second-order valence-corrected chi connectivity index (χ2v) is 9.22. The van der Waals surface area contributed by atoms with Gasteiger partial charge in [-0.3, -0.25) is 0 Å². The van der Waals surface area contributed by atoms with Crippen LogP contribution in [0.15, 0.2) is 53.7 Å². The zero-order chi connectivity index (χ0) is 23.2. The molecule has 2 aromatic heterocycles. The van der Waals surface area contributed by atoms with E-state index in [1.165, 1.54) is 23.1 Å². The molecule has 0 amide bonds. The predicted octanol–water partition coefficient (Wildman–Crippen LogP) is 2.14. The van der Waals surface area contributed by atoms with E-state index in [1.807, 2.05) is 4.90 Å². The van der Waals surface area contributed by atoms with Crippen LogP contribution in [-0.2, 0) is 10.0 Å². The molecule has 0 radical (unpaired) electrons. The summed E-state index contributed by atoms with van der Waals surface area (Å²) in [5, 5.41) is 8.20. The van der Waals surface area contributed by atoms with Gasteiger partial charge in [0.1, 0.15) is 28.7 Å². The number of rotatable bonds is 4. The maximum absolute atomic E-state index is 14.1. The van der Waals surface area contributed by atoms with Gasteiger partial charge < -0.3 is 4.90 Å². The van der Waals surface area contributed by atoms with Gasteiger partial charge in [0.2, 0.25) is 10.0 Å². The second-order valence-electron chi connectivity index (χ2n) is 7.32. The third-order valence-electron chi connectivity index (χ3n) is 5.32. The molecule has 0 unspecified atom stereocenters. The molecule has 13 heteroatoms. The number of anilines is 1. The van der Waals surface area contributed by atoms with E-state index in [-0.39, 0.29) is 26.2 Å². The van der Waals surface area contributed by atoms with E-state index in [4.69, 9.17) is 0 Å². The fraction of sp³-hybridized carbons (Fsp3) is 0.200. The van der Waals surface area contributed by atoms with Crippen molar-refractivity contribution in [2.75, 3.05) is 31.1 Å². The molecule has 1 aliphatic rings. The minimum atomic E-state index is -4.21. The average Bonchev–Trinajstić information content (AvgIpc) is 3.25. The summed E-state index contributed by atoms with van der Waals surface area (Å²) in [6, 6.07) is 8.14. The number of hydrogen-bond donors (Lipinski definition) is 0. The van der Waals surface area contributed by atoms with Gasteiger partial charge in [0, 0.05) is 26.2 Å². The van der Waals surface area contributed by atoms with E-state index in [1.54, 1.807) is 12.1 Å². The fourth-order valence-corrected chi connectivity index (χ4v) is 5.20. The summed E-state index contributed by atoms with van der Waals surface area (Å²) in [7, 11) is -4.21. The highest BCUT2D eigenvalue weighted by atomic mass is 32.2. The van der Waals surface area contributed by atoms with Gasteiger partial charge in [0.25, 0.3) is 0 Å². The van der Waals surface area contributed by atoms with Crippen LogP contribution in [0.1, 0.15) is 0 Å². The van der Waals surface area contributed by atoms with Crippen molar-refractivity contribution in [1.82, 2.24) is 29.3 Å². The summed E-state index contributed by atoms with van der Waals surface area (Å²) >= 11 is 0. The monoisotopic (exact) mass is 475 g/mol. The number of benzene rings is 2. The van der Waals surface area contributed by atoms with Crippen molar-refractivity contribution in [3.63, 3.8) is 0 Å². The van der Waals surface area contributed by atoms with E-state index in [2.05, 4.69) is 20.3 Å². The Hall–Kier alpha value is -3.58. The maximum Gasteiger partial charge on any atom is 0.246 e. The molecule has 9 nitrogen and oxygen atoms in total. The lowest BCUT2D eigenvalue weighted by Crippen LogP contribution is -2.49. The topological polar surface area (TPSA) is 97.1 Å². The lowest BCUT2D eigenvalue weighted by atomic mass is 10.3. The Labute approximate surface area is 186 Å². The number of fused-ring (bicyclic) bond motifs is 1. The molecule has 0 bridgehead atoms. The average molecular weight is 475 g/mol. The molecule has 3 heterocycles. The Bertz CT molecular complexity index is 1450. The Morgan fingerprint density at radius 2 is 1.64 bits per heavy atom. The molecule has 1 fully saturated rings. The number of hydrogen-bond acceptors (Lipinski definition) is 7. The van der Waals surface area contributed by atoms with Crippen molar-refractivity contribution in [3.8, 4) is 5.69 Å². The van der Waals surface area contributed by atoms with Crippen LogP contribution in [-0.4, -0.2) is 63.9 Å². The molecule has 0 atom stereocenters. The van der Waals surface area contributed by atoms with Gasteiger partial charge in [-0.25, -0.2) is 31.6 Å². The van der Waals surface area contributed by atoms with Gasteiger partial charge in [-0.1, -0.05) is 11.3 Å². The normalized spacial score (nSPS) is 15.3. The molecule has 0 spiro atoms. The van der Waals surface area contributed by atoms with Crippen molar-refractivity contribution in [1.29, 1.82) is 0 Å². The molecular weight excluding hydrogens is 459 g/mol. The first-order valence-corrected chi connectivity index (χ1v) is 11.3. The summed E-state index contributed by atoms with van der Waals surface area (Å²) in [6.07, 6.45) is 1.32. The first-order valence-electron chi connectivity index (χ1n) is 9.87. The highest BCUT2D eigenvalue weighted by molar-refractivity contribution is 7.89. The SMILES string of the molecule is O=S(=O)(c1cc(F)ccc1F)N1CCN(c2ncnc3c2nnn3-c2cccc(F)c2)CC1. The number of nitrogens with zero attached hydrogens (tertiary/aromatic N) is 7. The molecule has 0 N–H and O–H groups in total. The van der Waals surface area contributed by atoms with Crippen molar-refractivity contribution < 1.29 is 21.6 Å². The minimum absolute atomic E-state index is 0.0296. The Morgan fingerprint density at radius 1 is 0.879 bits per heavy atom. The van der Waals surface area contributed by atoms with Crippen molar-refractivity contribution >= 4 is 27.0 Å². The van der Waals surface area contributed by atoms with E-state index in [9.17, 15) is 21.6 Å². The molecule has 33 heavy (non-hydrogen) atoms. The van der Waals surface area contributed by atoms with Gasteiger partial charge in [0.15, 0.2) is 17.0 Å².